The lowest BCUT2D eigenvalue weighted by atomic mass is 9.64. The quantitative estimate of drug-likeness (QED) is 0.722. The average Bonchev–Trinajstić information content (AvgIpc) is 2.17. The van der Waals surface area contributed by atoms with Gasteiger partial charge in [0.15, 0.2) is 0 Å². The Hall–Kier alpha value is -0.410. The van der Waals surface area contributed by atoms with Crippen molar-refractivity contribution in [3.8, 4) is 0 Å². The molecule has 1 aliphatic rings. The summed E-state index contributed by atoms with van der Waals surface area (Å²) in [5.41, 5.74) is 4.70. The molecule has 0 heterocycles. The summed E-state index contributed by atoms with van der Waals surface area (Å²) >= 11 is 0. The highest BCUT2D eigenvalue weighted by atomic mass is 16.3. The number of carbonyl (C=O) groups excluding carboxylic acids is 1. The highest BCUT2D eigenvalue weighted by Gasteiger charge is 2.44. The number of carbonyl (C=O) groups is 1. The van der Waals surface area contributed by atoms with Gasteiger partial charge in [0.1, 0.15) is 6.29 Å². The van der Waals surface area contributed by atoms with Gasteiger partial charge < -0.3 is 15.6 Å². The van der Waals surface area contributed by atoms with E-state index >= 15 is 0 Å². The van der Waals surface area contributed by atoms with Crippen LogP contribution in [0.1, 0.15) is 58.3 Å². The Morgan fingerprint density at radius 2 is 1.75 bits per heavy atom. The first kappa shape index (κ1) is 13.7. The van der Waals surface area contributed by atoms with E-state index in [1.165, 1.54) is 19.3 Å². The van der Waals surface area contributed by atoms with Gasteiger partial charge in [-0.3, -0.25) is 0 Å². The van der Waals surface area contributed by atoms with E-state index in [-0.39, 0.29) is 11.8 Å². The van der Waals surface area contributed by atoms with Crippen molar-refractivity contribution in [3.63, 3.8) is 0 Å². The summed E-state index contributed by atoms with van der Waals surface area (Å²) in [6, 6.07) is 0. The first-order valence-electron chi connectivity index (χ1n) is 6.44. The molecule has 3 N–H and O–H groups in total. The maximum Gasteiger partial charge on any atom is 0.122 e. The molecule has 0 spiro atoms. The zero-order valence-electron chi connectivity index (χ0n) is 10.4. The van der Waals surface area contributed by atoms with E-state index in [1.807, 2.05) is 0 Å². The third-order valence-electron chi connectivity index (χ3n) is 4.32. The minimum atomic E-state index is -0.944. The molecule has 0 bridgehead atoms. The monoisotopic (exact) mass is 227 g/mol. The van der Waals surface area contributed by atoms with Crippen LogP contribution in [0.4, 0.5) is 0 Å². The SMILES string of the molecule is CC(O)(CC=O)C1(CN)CCCCCCC1. The molecule has 1 rings (SSSR count). The van der Waals surface area contributed by atoms with Crippen LogP contribution in [0.2, 0.25) is 0 Å². The van der Waals surface area contributed by atoms with E-state index in [0.717, 1.165) is 32.0 Å². The third kappa shape index (κ3) is 2.83. The van der Waals surface area contributed by atoms with Gasteiger partial charge in [-0.15, -0.1) is 0 Å². The Labute approximate surface area is 98.4 Å². The Morgan fingerprint density at radius 1 is 1.25 bits per heavy atom. The van der Waals surface area contributed by atoms with Crippen molar-refractivity contribution >= 4 is 6.29 Å². The highest BCUT2D eigenvalue weighted by molar-refractivity contribution is 5.51. The summed E-state index contributed by atoms with van der Waals surface area (Å²) in [7, 11) is 0. The summed E-state index contributed by atoms with van der Waals surface area (Å²) in [5, 5.41) is 10.5. The molecule has 0 aromatic heterocycles. The lowest BCUT2D eigenvalue weighted by molar-refractivity contribution is -0.122. The Bertz CT molecular complexity index is 218. The van der Waals surface area contributed by atoms with Crippen molar-refractivity contribution in [2.24, 2.45) is 11.1 Å². The topological polar surface area (TPSA) is 63.3 Å². The van der Waals surface area contributed by atoms with E-state index in [1.54, 1.807) is 6.92 Å². The molecule has 0 aliphatic heterocycles. The maximum absolute atomic E-state index is 10.7. The lowest BCUT2D eigenvalue weighted by Crippen LogP contribution is -2.51. The standard InChI is InChI=1S/C13H25NO2/c1-12(16,9-10-15)13(11-14)7-5-3-2-4-6-8-13/h10,16H,2-9,11,14H2,1H3. The molecule has 0 saturated heterocycles. The predicted octanol–water partition coefficient (Wildman–Crippen LogP) is 2.02. The molecule has 0 aromatic carbocycles. The zero-order valence-corrected chi connectivity index (χ0v) is 10.4. The summed E-state index contributed by atoms with van der Waals surface area (Å²) < 4.78 is 0. The molecule has 1 atom stereocenters. The second kappa shape index (κ2) is 5.78. The second-order valence-electron chi connectivity index (χ2n) is 5.40. The van der Waals surface area contributed by atoms with Crippen molar-refractivity contribution in [2.75, 3.05) is 6.54 Å². The van der Waals surface area contributed by atoms with Crippen LogP contribution in [0.15, 0.2) is 0 Å². The number of hydrogen-bond acceptors (Lipinski definition) is 3. The van der Waals surface area contributed by atoms with Crippen LogP contribution in [0.25, 0.3) is 0 Å². The molecule has 0 aromatic rings. The van der Waals surface area contributed by atoms with Gasteiger partial charge in [0, 0.05) is 18.4 Å². The van der Waals surface area contributed by atoms with Crippen molar-refractivity contribution in [2.45, 2.75) is 63.9 Å². The van der Waals surface area contributed by atoms with E-state index in [4.69, 9.17) is 5.73 Å². The molecule has 3 nitrogen and oxygen atoms in total. The Kier molecular flexibility index (Phi) is 4.93. The number of nitrogens with two attached hydrogens (primary N) is 1. The molecular formula is C13H25NO2. The van der Waals surface area contributed by atoms with Gasteiger partial charge in [0.2, 0.25) is 0 Å². The minimum Gasteiger partial charge on any atom is -0.389 e. The van der Waals surface area contributed by atoms with Crippen LogP contribution in [0.3, 0.4) is 0 Å². The van der Waals surface area contributed by atoms with Gasteiger partial charge in [-0.25, -0.2) is 0 Å². The fourth-order valence-electron chi connectivity index (χ4n) is 2.92. The molecule has 0 amide bonds. The van der Waals surface area contributed by atoms with Gasteiger partial charge in [-0.05, 0) is 19.8 Å². The molecule has 1 unspecified atom stereocenters. The Balaban J connectivity index is 2.82. The normalized spacial score (nSPS) is 25.2. The van der Waals surface area contributed by atoms with Crippen molar-refractivity contribution in [1.29, 1.82) is 0 Å². The first-order valence-corrected chi connectivity index (χ1v) is 6.44. The molecule has 94 valence electrons. The molecule has 1 fully saturated rings. The average molecular weight is 227 g/mol. The molecule has 3 heteroatoms. The summed E-state index contributed by atoms with van der Waals surface area (Å²) in [4.78, 5) is 10.7. The van der Waals surface area contributed by atoms with Crippen LogP contribution in [-0.4, -0.2) is 23.5 Å². The van der Waals surface area contributed by atoms with Crippen molar-refractivity contribution in [3.05, 3.63) is 0 Å². The summed E-state index contributed by atoms with van der Waals surface area (Å²) in [6.07, 6.45) is 8.88. The zero-order chi connectivity index (χ0) is 12.1. The van der Waals surface area contributed by atoms with E-state index < -0.39 is 5.60 Å². The van der Waals surface area contributed by atoms with Gasteiger partial charge in [-0.1, -0.05) is 32.1 Å². The van der Waals surface area contributed by atoms with Gasteiger partial charge >= 0.3 is 0 Å². The van der Waals surface area contributed by atoms with E-state index in [2.05, 4.69) is 0 Å². The van der Waals surface area contributed by atoms with E-state index in [0.29, 0.717) is 6.54 Å². The molecule has 0 radical (unpaired) electrons. The van der Waals surface area contributed by atoms with Crippen LogP contribution < -0.4 is 5.73 Å². The van der Waals surface area contributed by atoms with Gasteiger partial charge in [0.25, 0.3) is 0 Å². The van der Waals surface area contributed by atoms with Gasteiger partial charge in [-0.2, -0.15) is 0 Å². The van der Waals surface area contributed by atoms with Crippen LogP contribution in [-0.2, 0) is 4.79 Å². The van der Waals surface area contributed by atoms with Crippen LogP contribution in [0.5, 0.6) is 0 Å². The Morgan fingerprint density at radius 3 is 2.19 bits per heavy atom. The molecular weight excluding hydrogens is 202 g/mol. The number of aldehydes is 1. The molecule has 1 aliphatic carbocycles. The van der Waals surface area contributed by atoms with Crippen molar-refractivity contribution in [1.82, 2.24) is 0 Å². The second-order valence-corrected chi connectivity index (χ2v) is 5.40. The number of rotatable bonds is 4. The van der Waals surface area contributed by atoms with Gasteiger partial charge in [0.05, 0.1) is 5.60 Å². The fourth-order valence-corrected chi connectivity index (χ4v) is 2.92. The van der Waals surface area contributed by atoms with Crippen LogP contribution >= 0.6 is 0 Å². The molecule has 16 heavy (non-hydrogen) atoms. The van der Waals surface area contributed by atoms with E-state index in [9.17, 15) is 9.90 Å². The lowest BCUT2D eigenvalue weighted by Gasteiger charge is -2.45. The predicted molar refractivity (Wildman–Crippen MR) is 65.1 cm³/mol. The fraction of sp³-hybridized carbons (Fsp3) is 0.923. The first-order chi connectivity index (χ1) is 7.58. The maximum atomic E-state index is 10.7. The smallest absolute Gasteiger partial charge is 0.122 e. The highest BCUT2D eigenvalue weighted by Crippen LogP contribution is 2.43. The van der Waals surface area contributed by atoms with Crippen LogP contribution in [0, 0.1) is 5.41 Å². The minimum absolute atomic E-state index is 0.199. The third-order valence-corrected chi connectivity index (χ3v) is 4.32. The summed E-state index contributed by atoms with van der Waals surface area (Å²) in [5.74, 6) is 0. The number of hydrogen-bond donors (Lipinski definition) is 2. The summed E-state index contributed by atoms with van der Waals surface area (Å²) in [6.45, 7) is 2.25. The molecule has 1 saturated carbocycles. The number of aliphatic hydroxyl groups is 1. The van der Waals surface area contributed by atoms with Crippen molar-refractivity contribution < 1.29 is 9.90 Å². The largest absolute Gasteiger partial charge is 0.389 e.